The van der Waals surface area contributed by atoms with Gasteiger partial charge in [0.05, 0.1) is 13.2 Å². The van der Waals surface area contributed by atoms with Crippen LogP contribution in [0.5, 0.6) is 11.5 Å². The predicted octanol–water partition coefficient (Wildman–Crippen LogP) is 14.3. The Kier molecular flexibility index (Phi) is 24.0. The monoisotopic (exact) mass is 753 g/mol. The summed E-state index contributed by atoms with van der Waals surface area (Å²) in [5, 5.41) is 40.3. The summed E-state index contributed by atoms with van der Waals surface area (Å²) in [7, 11) is 0. The van der Waals surface area contributed by atoms with Crippen molar-refractivity contribution in [2.24, 2.45) is 0 Å². The van der Waals surface area contributed by atoms with Crippen LogP contribution in [0.4, 0.5) is 0 Å². The molecule has 0 bridgehead atoms. The number of hydrogen-bond donors (Lipinski definition) is 4. The van der Waals surface area contributed by atoms with Crippen LogP contribution in [0, 0.1) is 6.92 Å². The number of rotatable bonds is 23. The molecule has 0 saturated heterocycles. The molecule has 0 aromatic heterocycles. The van der Waals surface area contributed by atoms with Crippen molar-refractivity contribution in [3.8, 4) is 11.5 Å². The predicted molar refractivity (Wildman–Crippen MR) is 239 cm³/mol. The molecule has 4 nitrogen and oxygen atoms in total. The highest BCUT2D eigenvalue weighted by Crippen LogP contribution is 2.38. The molecule has 0 heterocycles. The van der Waals surface area contributed by atoms with E-state index in [2.05, 4.69) is 137 Å². The Balaban J connectivity index is 2.54. The zero-order valence-electron chi connectivity index (χ0n) is 36.8. The SMILES string of the molecule is CC(C)=CC/C(C)=C/C/C(C)=C/C/C(C)=C/C/C(C)=C/C/C(C)=C/C/C(C)=C/C/C(C)=C/C/C(C)=C/C/C(C)=C/CCc1c(C)c(O)c(CO)c(CO)c1O. The van der Waals surface area contributed by atoms with Gasteiger partial charge in [0.2, 0.25) is 0 Å². The van der Waals surface area contributed by atoms with Gasteiger partial charge < -0.3 is 20.4 Å². The third-order valence-corrected chi connectivity index (χ3v) is 10.2. The Bertz CT molecular complexity index is 1700. The Hall–Kier alpha value is -3.86. The van der Waals surface area contributed by atoms with Crippen LogP contribution in [-0.2, 0) is 19.6 Å². The van der Waals surface area contributed by atoms with Crippen molar-refractivity contribution < 1.29 is 20.4 Å². The first kappa shape index (κ1) is 49.2. The molecule has 0 atom stereocenters. The van der Waals surface area contributed by atoms with Crippen molar-refractivity contribution in [1.29, 1.82) is 0 Å². The fraction of sp³-hybridized carbons (Fsp3) is 0.490. The zero-order chi connectivity index (χ0) is 41.5. The minimum absolute atomic E-state index is 0.0327. The van der Waals surface area contributed by atoms with Gasteiger partial charge in [-0.25, -0.2) is 0 Å². The van der Waals surface area contributed by atoms with Gasteiger partial charge in [0.1, 0.15) is 11.5 Å². The first-order chi connectivity index (χ1) is 26.0. The fourth-order valence-corrected chi connectivity index (χ4v) is 5.92. The molecular formula is C51H76O4. The summed E-state index contributed by atoms with van der Waals surface area (Å²) in [5.74, 6) is -0.0858. The van der Waals surface area contributed by atoms with Gasteiger partial charge in [0.15, 0.2) is 0 Å². The van der Waals surface area contributed by atoms with E-state index in [-0.39, 0.29) is 22.6 Å². The highest BCUT2D eigenvalue weighted by molar-refractivity contribution is 5.57. The molecule has 0 aliphatic heterocycles. The van der Waals surface area contributed by atoms with Crippen LogP contribution in [0.2, 0.25) is 0 Å². The van der Waals surface area contributed by atoms with E-state index in [4.69, 9.17) is 0 Å². The van der Waals surface area contributed by atoms with Gasteiger partial charge in [-0.3, -0.25) is 0 Å². The molecule has 0 fully saturated rings. The fourth-order valence-electron chi connectivity index (χ4n) is 5.92. The molecule has 1 aromatic rings. The number of hydrogen-bond acceptors (Lipinski definition) is 4. The third-order valence-electron chi connectivity index (χ3n) is 10.2. The summed E-state index contributed by atoms with van der Waals surface area (Å²) in [6, 6.07) is 0. The number of aromatic hydroxyl groups is 2. The summed E-state index contributed by atoms with van der Waals surface area (Å²) < 4.78 is 0. The Morgan fingerprint density at radius 1 is 0.364 bits per heavy atom. The van der Waals surface area contributed by atoms with Gasteiger partial charge in [-0.05, 0) is 159 Å². The number of aliphatic hydroxyl groups excluding tert-OH is 2. The van der Waals surface area contributed by atoms with Gasteiger partial charge >= 0.3 is 0 Å². The minimum Gasteiger partial charge on any atom is -0.507 e. The van der Waals surface area contributed by atoms with Crippen molar-refractivity contribution in [2.45, 2.75) is 167 Å². The first-order valence-electron chi connectivity index (χ1n) is 20.3. The largest absolute Gasteiger partial charge is 0.507 e. The van der Waals surface area contributed by atoms with Crippen LogP contribution < -0.4 is 0 Å². The molecule has 1 rings (SSSR count). The van der Waals surface area contributed by atoms with Crippen LogP contribution in [0.15, 0.2) is 116 Å². The van der Waals surface area contributed by atoms with E-state index < -0.39 is 13.2 Å². The zero-order valence-corrected chi connectivity index (χ0v) is 36.8. The maximum Gasteiger partial charge on any atom is 0.125 e. The Morgan fingerprint density at radius 3 is 0.891 bits per heavy atom. The highest BCUT2D eigenvalue weighted by Gasteiger charge is 2.20. The second-order valence-electron chi connectivity index (χ2n) is 16.2. The lowest BCUT2D eigenvalue weighted by atomic mass is 9.93. The van der Waals surface area contributed by atoms with Gasteiger partial charge in [-0.1, -0.05) is 116 Å². The second-order valence-corrected chi connectivity index (χ2v) is 16.2. The topological polar surface area (TPSA) is 80.9 Å². The average molecular weight is 753 g/mol. The molecule has 0 saturated carbocycles. The molecule has 1 aromatic carbocycles. The summed E-state index contributed by atoms with van der Waals surface area (Å²) in [6.07, 6.45) is 33.4. The maximum absolute atomic E-state index is 10.7. The van der Waals surface area contributed by atoms with E-state index in [1.165, 1.54) is 55.7 Å². The van der Waals surface area contributed by atoms with Crippen molar-refractivity contribution in [1.82, 2.24) is 0 Å². The summed E-state index contributed by atoms with van der Waals surface area (Å²) in [4.78, 5) is 0. The summed E-state index contributed by atoms with van der Waals surface area (Å²) in [6.45, 7) is 25.1. The van der Waals surface area contributed by atoms with E-state index >= 15 is 0 Å². The first-order valence-corrected chi connectivity index (χ1v) is 20.3. The lowest BCUT2D eigenvalue weighted by Gasteiger charge is -2.17. The molecule has 0 radical (unpaired) electrons. The second kappa shape index (κ2) is 26.9. The normalized spacial score (nSPS) is 14.6. The van der Waals surface area contributed by atoms with E-state index in [1.54, 1.807) is 6.92 Å². The van der Waals surface area contributed by atoms with Crippen molar-refractivity contribution in [3.63, 3.8) is 0 Å². The molecule has 304 valence electrons. The number of aliphatic hydroxyl groups is 2. The van der Waals surface area contributed by atoms with Crippen LogP contribution in [0.25, 0.3) is 0 Å². The summed E-state index contributed by atoms with van der Waals surface area (Å²) >= 11 is 0. The highest BCUT2D eigenvalue weighted by atomic mass is 16.3. The van der Waals surface area contributed by atoms with Gasteiger partial charge in [0.25, 0.3) is 0 Å². The summed E-state index contributed by atoms with van der Waals surface area (Å²) in [5.41, 5.74) is 15.4. The molecule has 4 N–H and O–H groups in total. The molecular weight excluding hydrogens is 677 g/mol. The quantitative estimate of drug-likeness (QED) is 0.0663. The number of benzene rings is 1. The van der Waals surface area contributed by atoms with Crippen molar-refractivity contribution in [3.05, 3.63) is 139 Å². The lowest BCUT2D eigenvalue weighted by Crippen LogP contribution is -2.02. The van der Waals surface area contributed by atoms with E-state index in [0.717, 1.165) is 57.8 Å². The molecule has 55 heavy (non-hydrogen) atoms. The molecule has 4 heteroatoms. The van der Waals surface area contributed by atoms with Crippen LogP contribution in [-0.4, -0.2) is 20.4 Å². The maximum atomic E-state index is 10.7. The third kappa shape index (κ3) is 20.6. The standard InChI is InChI=1S/C51H76O4/c1-36(2)16-17-38(4)20-21-40(6)24-25-42(8)28-29-44(10)32-33-45(11)31-30-43(9)27-26-41(7)23-22-39(5)19-18-37(3)14-13-15-47-46(12)50(54)48(34-52)49(35-53)51(47)55/h14,16,19-20,23-24,27-28,31-32,52-55H,13,15,17-18,21-22,25-26,29-30,33-35H2,1-12H3/b37-14+,38-20+,39-19+,40-24+,41-23+,42-28+,43-27+,44-32+,45-31+. The Labute approximate surface area is 336 Å². The number of phenols is 2. The van der Waals surface area contributed by atoms with E-state index in [0.29, 0.717) is 24.0 Å². The van der Waals surface area contributed by atoms with Gasteiger partial charge in [0, 0.05) is 16.7 Å². The molecule has 0 spiro atoms. The molecule has 0 unspecified atom stereocenters. The molecule has 0 amide bonds. The smallest absolute Gasteiger partial charge is 0.125 e. The van der Waals surface area contributed by atoms with Gasteiger partial charge in [-0.15, -0.1) is 0 Å². The van der Waals surface area contributed by atoms with Crippen LogP contribution in [0.3, 0.4) is 0 Å². The number of allylic oxidation sites excluding steroid dienone is 20. The van der Waals surface area contributed by atoms with Crippen LogP contribution >= 0.6 is 0 Å². The molecule has 0 aliphatic rings. The van der Waals surface area contributed by atoms with Crippen molar-refractivity contribution in [2.75, 3.05) is 0 Å². The minimum atomic E-state index is -0.436. The van der Waals surface area contributed by atoms with Crippen LogP contribution in [0.1, 0.15) is 163 Å². The van der Waals surface area contributed by atoms with Gasteiger partial charge in [-0.2, -0.15) is 0 Å². The average Bonchev–Trinajstić information content (AvgIpc) is 3.15. The van der Waals surface area contributed by atoms with E-state index in [1.807, 2.05) is 0 Å². The Morgan fingerprint density at radius 2 is 0.618 bits per heavy atom. The molecule has 0 aliphatic carbocycles. The lowest BCUT2D eigenvalue weighted by molar-refractivity contribution is 0.249. The van der Waals surface area contributed by atoms with Crippen molar-refractivity contribution >= 4 is 0 Å². The van der Waals surface area contributed by atoms with E-state index in [9.17, 15) is 20.4 Å².